The Morgan fingerprint density at radius 1 is 0.491 bits per heavy atom. The summed E-state index contributed by atoms with van der Waals surface area (Å²) in [6, 6.07) is 53.3. The normalized spacial score (nSPS) is 12.0. The van der Waals surface area contributed by atoms with Crippen LogP contribution in [-0.4, -0.2) is 24.5 Å². The van der Waals surface area contributed by atoms with E-state index < -0.39 is 0 Å². The van der Waals surface area contributed by atoms with Gasteiger partial charge >= 0.3 is 0 Å². The van der Waals surface area contributed by atoms with Crippen molar-refractivity contribution < 1.29 is 4.42 Å². The Morgan fingerprint density at radius 3 is 2.16 bits per heavy atom. The van der Waals surface area contributed by atoms with Gasteiger partial charge in [-0.2, -0.15) is 0 Å². The monoisotopic (exact) mass is 721 g/mol. The van der Waals surface area contributed by atoms with Crippen molar-refractivity contribution in [2.75, 3.05) is 0 Å². The number of rotatable bonds is 4. The van der Waals surface area contributed by atoms with Crippen LogP contribution in [0.3, 0.4) is 0 Å². The number of para-hydroxylation sites is 1. The lowest BCUT2D eigenvalue weighted by Crippen LogP contribution is -2.01. The Hall–Kier alpha value is -7.22. The van der Waals surface area contributed by atoms with Gasteiger partial charge < -0.3 is 8.98 Å². The van der Waals surface area contributed by atoms with Crippen LogP contribution in [0.4, 0.5) is 0 Å². The first-order valence-electron chi connectivity index (χ1n) is 18.2. The van der Waals surface area contributed by atoms with E-state index in [2.05, 4.69) is 149 Å². The second-order valence-electron chi connectivity index (χ2n) is 13.9. The van der Waals surface area contributed by atoms with E-state index in [1.807, 2.05) is 18.3 Å². The molecule has 12 aromatic rings. The van der Waals surface area contributed by atoms with Crippen LogP contribution in [0.2, 0.25) is 0 Å². The van der Waals surface area contributed by atoms with Gasteiger partial charge in [0.25, 0.3) is 0 Å². The third-order valence-corrected chi connectivity index (χ3v) is 12.0. The number of fused-ring (bicyclic) bond motifs is 11. The van der Waals surface area contributed by atoms with E-state index >= 15 is 0 Å². The molecular weight excluding hydrogens is 695 g/mol. The molecule has 7 aromatic carbocycles. The van der Waals surface area contributed by atoms with Crippen LogP contribution in [0.5, 0.6) is 0 Å². The van der Waals surface area contributed by atoms with Crippen molar-refractivity contribution >= 4 is 86.0 Å². The van der Waals surface area contributed by atoms with E-state index in [0.29, 0.717) is 17.5 Å². The predicted octanol–water partition coefficient (Wildman–Crippen LogP) is 12.8. The molecule has 256 valence electrons. The van der Waals surface area contributed by atoms with Crippen LogP contribution in [0.25, 0.3) is 115 Å². The van der Waals surface area contributed by atoms with Crippen molar-refractivity contribution in [1.29, 1.82) is 0 Å². The minimum absolute atomic E-state index is 0.576. The fourth-order valence-corrected chi connectivity index (χ4v) is 9.43. The molecule has 0 bridgehead atoms. The molecule has 0 fully saturated rings. The summed E-state index contributed by atoms with van der Waals surface area (Å²) in [5.74, 6) is 1.80. The number of pyridine rings is 1. The van der Waals surface area contributed by atoms with Crippen LogP contribution in [0, 0.1) is 0 Å². The van der Waals surface area contributed by atoms with Crippen molar-refractivity contribution in [3.63, 3.8) is 0 Å². The molecule has 0 aliphatic rings. The molecule has 0 saturated heterocycles. The van der Waals surface area contributed by atoms with E-state index in [1.54, 1.807) is 17.5 Å². The van der Waals surface area contributed by atoms with Gasteiger partial charge in [0, 0.05) is 81.9 Å². The number of nitrogens with zero attached hydrogens (tertiary/aromatic N) is 5. The maximum absolute atomic E-state index is 6.28. The fourth-order valence-electron chi connectivity index (χ4n) is 8.22. The Kier molecular flexibility index (Phi) is 6.40. The highest BCUT2D eigenvalue weighted by Crippen LogP contribution is 2.41. The summed E-state index contributed by atoms with van der Waals surface area (Å²) < 4.78 is 11.0. The summed E-state index contributed by atoms with van der Waals surface area (Å²) in [4.78, 5) is 20.0. The van der Waals surface area contributed by atoms with Gasteiger partial charge in [-0.15, -0.1) is 11.3 Å². The Bertz CT molecular complexity index is 3520. The first-order chi connectivity index (χ1) is 27.2. The zero-order valence-corrected chi connectivity index (χ0v) is 30.0. The Labute approximate surface area is 317 Å². The van der Waals surface area contributed by atoms with Crippen molar-refractivity contribution in [2.24, 2.45) is 0 Å². The summed E-state index contributed by atoms with van der Waals surface area (Å²) in [5.41, 5.74) is 7.64. The summed E-state index contributed by atoms with van der Waals surface area (Å²) in [6.45, 7) is 0. The largest absolute Gasteiger partial charge is 0.456 e. The first kappa shape index (κ1) is 30.3. The molecule has 0 spiro atoms. The second-order valence-corrected chi connectivity index (χ2v) is 14.9. The maximum Gasteiger partial charge on any atom is 0.165 e. The first-order valence-corrected chi connectivity index (χ1v) is 19.0. The highest BCUT2D eigenvalue weighted by Gasteiger charge is 2.20. The molecule has 0 unspecified atom stereocenters. The number of hydrogen-bond donors (Lipinski definition) is 0. The lowest BCUT2D eigenvalue weighted by Gasteiger charge is -2.12. The van der Waals surface area contributed by atoms with Crippen LogP contribution in [0.15, 0.2) is 168 Å². The average molecular weight is 722 g/mol. The molecule has 0 N–H and O–H groups in total. The van der Waals surface area contributed by atoms with Gasteiger partial charge in [0.15, 0.2) is 17.5 Å². The van der Waals surface area contributed by atoms with Crippen LogP contribution >= 0.6 is 11.3 Å². The zero-order chi connectivity index (χ0) is 36.0. The van der Waals surface area contributed by atoms with Crippen molar-refractivity contribution in [3.05, 3.63) is 164 Å². The van der Waals surface area contributed by atoms with E-state index in [-0.39, 0.29) is 0 Å². The van der Waals surface area contributed by atoms with Gasteiger partial charge in [0.1, 0.15) is 11.2 Å². The van der Waals surface area contributed by atoms with Gasteiger partial charge in [-0.25, -0.2) is 15.0 Å². The number of benzene rings is 7. The number of furan rings is 1. The molecule has 55 heavy (non-hydrogen) atoms. The molecular formula is C48H27N5OS. The number of aromatic nitrogens is 5. The van der Waals surface area contributed by atoms with E-state index in [0.717, 1.165) is 54.5 Å². The van der Waals surface area contributed by atoms with Gasteiger partial charge in [-0.05, 0) is 53.9 Å². The van der Waals surface area contributed by atoms with E-state index in [4.69, 9.17) is 19.4 Å². The van der Waals surface area contributed by atoms with Crippen molar-refractivity contribution in [3.8, 4) is 39.9 Å². The van der Waals surface area contributed by atoms with Gasteiger partial charge in [-0.3, -0.25) is 4.98 Å². The second kappa shape index (κ2) is 11.6. The lowest BCUT2D eigenvalue weighted by atomic mass is 10.1. The molecule has 0 amide bonds. The number of thiophene rings is 1. The van der Waals surface area contributed by atoms with Crippen LogP contribution in [-0.2, 0) is 0 Å². The SMILES string of the molecule is c1cc(-c2nc(-c3ccc4c(c3)oc3ccncc34)nc(-c3cccc4c3sc3ccccc34)n2)cc(-n2c3ccccc3c3ccc4ccccc4c32)c1. The van der Waals surface area contributed by atoms with E-state index in [1.165, 1.54) is 42.5 Å². The van der Waals surface area contributed by atoms with E-state index in [9.17, 15) is 0 Å². The highest BCUT2D eigenvalue weighted by molar-refractivity contribution is 7.26. The molecule has 5 heterocycles. The van der Waals surface area contributed by atoms with Crippen molar-refractivity contribution in [1.82, 2.24) is 24.5 Å². The smallest absolute Gasteiger partial charge is 0.165 e. The summed E-state index contributed by atoms with van der Waals surface area (Å²) in [5, 5.41) is 9.25. The molecule has 12 rings (SSSR count). The third kappa shape index (κ3) is 4.60. The van der Waals surface area contributed by atoms with Gasteiger partial charge in [0.2, 0.25) is 0 Å². The summed E-state index contributed by atoms with van der Waals surface area (Å²) in [7, 11) is 0. The predicted molar refractivity (Wildman–Crippen MR) is 226 cm³/mol. The van der Waals surface area contributed by atoms with Crippen molar-refractivity contribution in [2.45, 2.75) is 0 Å². The molecule has 7 heteroatoms. The van der Waals surface area contributed by atoms with Crippen LogP contribution in [0.1, 0.15) is 0 Å². The molecule has 0 aliphatic carbocycles. The minimum Gasteiger partial charge on any atom is -0.456 e. The maximum atomic E-state index is 6.28. The molecule has 0 aliphatic heterocycles. The van der Waals surface area contributed by atoms with Gasteiger partial charge in [0.05, 0.1) is 11.0 Å². The van der Waals surface area contributed by atoms with Gasteiger partial charge in [-0.1, -0.05) is 103 Å². The molecule has 0 radical (unpaired) electrons. The molecule has 0 saturated carbocycles. The standard InChI is InChI=1S/C48H27N5OS/c1-2-12-32-28(9-1)19-22-36-33-13-3-5-17-40(33)53(44(32)36)31-11-7-10-29(25-31)46-50-47(30-20-21-34-39-27-49-24-23-41(39)54-42(34)26-30)52-48(51-46)38-16-8-15-37-35-14-4-6-18-43(35)55-45(37)38/h1-27H. The minimum atomic E-state index is 0.576. The number of hydrogen-bond acceptors (Lipinski definition) is 6. The fraction of sp³-hybridized carbons (Fsp3) is 0. The lowest BCUT2D eigenvalue weighted by molar-refractivity contribution is 0.668. The highest BCUT2D eigenvalue weighted by atomic mass is 32.1. The molecule has 0 atom stereocenters. The Balaban J connectivity index is 1.10. The third-order valence-electron chi connectivity index (χ3n) is 10.7. The zero-order valence-electron chi connectivity index (χ0n) is 29.1. The quantitative estimate of drug-likeness (QED) is 0.181. The topological polar surface area (TPSA) is 69.6 Å². The Morgan fingerprint density at radius 2 is 1.24 bits per heavy atom. The summed E-state index contributed by atoms with van der Waals surface area (Å²) in [6.07, 6.45) is 3.60. The molecule has 6 nitrogen and oxygen atoms in total. The molecule has 5 aromatic heterocycles. The van der Waals surface area contributed by atoms with Crippen LogP contribution < -0.4 is 0 Å². The summed E-state index contributed by atoms with van der Waals surface area (Å²) >= 11 is 1.77. The average Bonchev–Trinajstić information content (AvgIpc) is 3.93.